The molecule has 0 bridgehead atoms. The quantitative estimate of drug-likeness (QED) is 0.755. The monoisotopic (exact) mass is 392 g/mol. The smallest absolute Gasteiger partial charge is 0.244 e. The van der Waals surface area contributed by atoms with Crippen molar-refractivity contribution in [1.29, 1.82) is 0 Å². The van der Waals surface area contributed by atoms with Crippen LogP contribution in [-0.2, 0) is 10.2 Å². The van der Waals surface area contributed by atoms with Crippen LogP contribution in [0.2, 0.25) is 0 Å². The molecule has 4 fully saturated rings. The van der Waals surface area contributed by atoms with E-state index in [0.29, 0.717) is 19.1 Å². The van der Waals surface area contributed by atoms with Crippen LogP contribution in [0.3, 0.4) is 0 Å². The van der Waals surface area contributed by atoms with Crippen molar-refractivity contribution >= 4 is 5.91 Å². The van der Waals surface area contributed by atoms with Crippen molar-refractivity contribution in [3.05, 3.63) is 47.6 Å². The fourth-order valence-corrected chi connectivity index (χ4v) is 5.12. The lowest BCUT2D eigenvalue weighted by molar-refractivity contribution is -0.138. The molecule has 1 amide bonds. The van der Waals surface area contributed by atoms with Gasteiger partial charge in [-0.1, -0.05) is 35.5 Å². The van der Waals surface area contributed by atoms with E-state index >= 15 is 0 Å². The lowest BCUT2D eigenvalue weighted by Crippen LogP contribution is -2.52. The van der Waals surface area contributed by atoms with Gasteiger partial charge in [-0.25, -0.2) is 0 Å². The molecule has 0 radical (unpaired) electrons. The summed E-state index contributed by atoms with van der Waals surface area (Å²) in [6.07, 6.45) is 6.98. The van der Waals surface area contributed by atoms with Gasteiger partial charge in [0.2, 0.25) is 11.8 Å². The molecule has 2 aliphatic heterocycles. The molecular weight excluding hydrogens is 364 g/mol. The van der Waals surface area contributed by atoms with Gasteiger partial charge in [0.05, 0.1) is 17.4 Å². The standard InChI is InChI=1S/C23H28N4O2/c28-22(23(10-11-23)18-5-2-1-3-6-18)27-14-17(15-27)20-24-21(29-25-20)19-7-4-12-26(19)13-16-8-9-16/h1-3,5-6,16-17,19H,4,7-15H2. The number of carbonyl (C=O) groups is 1. The summed E-state index contributed by atoms with van der Waals surface area (Å²) in [7, 11) is 0. The molecule has 2 aromatic rings. The first kappa shape index (κ1) is 17.6. The minimum absolute atomic E-state index is 0.210. The van der Waals surface area contributed by atoms with Crippen molar-refractivity contribution in [2.45, 2.75) is 55.9 Å². The Hall–Kier alpha value is -2.21. The third-order valence-corrected chi connectivity index (χ3v) is 7.32. The Labute approximate surface area is 171 Å². The molecule has 6 heteroatoms. The molecule has 0 spiro atoms. The predicted octanol–water partition coefficient (Wildman–Crippen LogP) is 3.27. The van der Waals surface area contributed by atoms with Crippen molar-refractivity contribution in [3.8, 4) is 0 Å². The Morgan fingerprint density at radius 2 is 1.93 bits per heavy atom. The fourth-order valence-electron chi connectivity index (χ4n) is 5.12. The number of carbonyl (C=O) groups excluding carboxylic acids is 1. The molecule has 2 aliphatic carbocycles. The maximum atomic E-state index is 13.1. The van der Waals surface area contributed by atoms with Crippen LogP contribution in [0.1, 0.15) is 67.8 Å². The Morgan fingerprint density at radius 3 is 2.66 bits per heavy atom. The zero-order valence-electron chi connectivity index (χ0n) is 16.8. The molecule has 29 heavy (non-hydrogen) atoms. The molecule has 1 atom stereocenters. The van der Waals surface area contributed by atoms with Crippen molar-refractivity contribution in [2.75, 3.05) is 26.2 Å². The first-order valence-electron chi connectivity index (χ1n) is 11.2. The minimum Gasteiger partial charge on any atom is -0.340 e. The van der Waals surface area contributed by atoms with E-state index in [2.05, 4.69) is 22.2 Å². The summed E-state index contributed by atoms with van der Waals surface area (Å²) in [5, 5.41) is 4.29. The summed E-state index contributed by atoms with van der Waals surface area (Å²) in [6, 6.07) is 10.5. The van der Waals surface area contributed by atoms with Gasteiger partial charge in [-0.05, 0) is 56.6 Å². The average molecular weight is 393 g/mol. The van der Waals surface area contributed by atoms with Gasteiger partial charge in [0.25, 0.3) is 0 Å². The van der Waals surface area contributed by atoms with E-state index in [9.17, 15) is 4.79 Å². The number of likely N-dealkylation sites (tertiary alicyclic amines) is 2. The van der Waals surface area contributed by atoms with Crippen LogP contribution in [-0.4, -0.2) is 52.0 Å². The van der Waals surface area contributed by atoms with Gasteiger partial charge in [0.1, 0.15) is 0 Å². The second-order valence-electron chi connectivity index (χ2n) is 9.44. The second-order valence-corrected chi connectivity index (χ2v) is 9.44. The highest BCUT2D eigenvalue weighted by molar-refractivity contribution is 5.92. The topological polar surface area (TPSA) is 62.5 Å². The average Bonchev–Trinajstić information content (AvgIpc) is 3.60. The first-order valence-corrected chi connectivity index (χ1v) is 11.2. The maximum absolute atomic E-state index is 13.1. The summed E-state index contributed by atoms with van der Waals surface area (Å²) in [6.45, 7) is 3.74. The molecule has 2 saturated carbocycles. The molecule has 4 aliphatic rings. The number of hydrogen-bond acceptors (Lipinski definition) is 5. The van der Waals surface area contributed by atoms with E-state index in [1.807, 2.05) is 23.1 Å². The summed E-state index contributed by atoms with van der Waals surface area (Å²) in [5.74, 6) is 2.93. The lowest BCUT2D eigenvalue weighted by atomic mass is 9.90. The Bertz CT molecular complexity index is 897. The van der Waals surface area contributed by atoms with Crippen LogP contribution < -0.4 is 0 Å². The Morgan fingerprint density at radius 1 is 1.14 bits per heavy atom. The Balaban J connectivity index is 1.10. The molecule has 3 heterocycles. The van der Waals surface area contributed by atoms with E-state index in [4.69, 9.17) is 9.51 Å². The Kier molecular flexibility index (Phi) is 4.05. The number of amides is 1. The van der Waals surface area contributed by atoms with Crippen molar-refractivity contribution in [1.82, 2.24) is 19.9 Å². The highest BCUT2D eigenvalue weighted by Gasteiger charge is 2.55. The number of rotatable bonds is 6. The highest BCUT2D eigenvalue weighted by Crippen LogP contribution is 2.50. The first-order chi connectivity index (χ1) is 14.2. The van der Waals surface area contributed by atoms with E-state index < -0.39 is 0 Å². The molecule has 152 valence electrons. The van der Waals surface area contributed by atoms with E-state index in [0.717, 1.165) is 49.0 Å². The van der Waals surface area contributed by atoms with Gasteiger partial charge in [0, 0.05) is 19.6 Å². The number of benzene rings is 1. The second kappa shape index (κ2) is 6.66. The number of nitrogens with zero attached hydrogens (tertiary/aromatic N) is 4. The molecule has 6 rings (SSSR count). The van der Waals surface area contributed by atoms with Crippen LogP contribution in [0.25, 0.3) is 0 Å². The van der Waals surface area contributed by atoms with Crippen LogP contribution in [0, 0.1) is 5.92 Å². The number of hydrogen-bond donors (Lipinski definition) is 0. The summed E-state index contributed by atoms with van der Waals surface area (Å²) >= 11 is 0. The molecule has 1 aromatic heterocycles. The summed E-state index contributed by atoms with van der Waals surface area (Å²) in [5.41, 5.74) is 0.884. The van der Waals surface area contributed by atoms with E-state index in [1.165, 1.54) is 25.8 Å². The van der Waals surface area contributed by atoms with Gasteiger partial charge in [-0.3, -0.25) is 9.69 Å². The zero-order valence-corrected chi connectivity index (χ0v) is 16.8. The van der Waals surface area contributed by atoms with Crippen molar-refractivity contribution < 1.29 is 9.32 Å². The van der Waals surface area contributed by atoms with Crippen LogP contribution in [0.15, 0.2) is 34.9 Å². The van der Waals surface area contributed by atoms with Crippen LogP contribution >= 0.6 is 0 Å². The molecular formula is C23H28N4O2. The van der Waals surface area contributed by atoms with Gasteiger partial charge >= 0.3 is 0 Å². The zero-order chi connectivity index (χ0) is 19.4. The third kappa shape index (κ3) is 3.08. The molecule has 1 aromatic carbocycles. The highest BCUT2D eigenvalue weighted by atomic mass is 16.5. The molecule has 1 unspecified atom stereocenters. The van der Waals surface area contributed by atoms with Gasteiger partial charge in [-0.2, -0.15) is 4.98 Å². The molecule has 0 N–H and O–H groups in total. The maximum Gasteiger partial charge on any atom is 0.244 e. The molecule has 6 nitrogen and oxygen atoms in total. The normalized spacial score (nSPS) is 26.5. The summed E-state index contributed by atoms with van der Waals surface area (Å²) in [4.78, 5) is 22.4. The van der Waals surface area contributed by atoms with Gasteiger partial charge in [-0.15, -0.1) is 0 Å². The van der Waals surface area contributed by atoms with Crippen LogP contribution in [0.5, 0.6) is 0 Å². The van der Waals surface area contributed by atoms with Crippen molar-refractivity contribution in [3.63, 3.8) is 0 Å². The van der Waals surface area contributed by atoms with E-state index in [-0.39, 0.29) is 17.2 Å². The van der Waals surface area contributed by atoms with E-state index in [1.54, 1.807) is 0 Å². The van der Waals surface area contributed by atoms with Gasteiger partial charge in [0.15, 0.2) is 5.82 Å². The molecule has 2 saturated heterocycles. The minimum atomic E-state index is -0.276. The largest absolute Gasteiger partial charge is 0.340 e. The van der Waals surface area contributed by atoms with Gasteiger partial charge < -0.3 is 9.42 Å². The predicted molar refractivity (Wildman–Crippen MR) is 107 cm³/mol. The van der Waals surface area contributed by atoms with Crippen molar-refractivity contribution in [2.24, 2.45) is 5.92 Å². The lowest BCUT2D eigenvalue weighted by Gasteiger charge is -2.39. The fraction of sp³-hybridized carbons (Fsp3) is 0.609. The SMILES string of the molecule is O=C(N1CC(c2noc(C3CCCN3CC3CC3)n2)C1)C1(c2ccccc2)CC1. The third-order valence-electron chi connectivity index (χ3n) is 7.32. The van der Waals surface area contributed by atoms with Crippen LogP contribution in [0.4, 0.5) is 0 Å². The summed E-state index contributed by atoms with van der Waals surface area (Å²) < 4.78 is 5.68. The number of aromatic nitrogens is 2.